The van der Waals surface area contributed by atoms with Crippen molar-refractivity contribution in [1.82, 2.24) is 9.13 Å². The van der Waals surface area contributed by atoms with Gasteiger partial charge in [0.2, 0.25) is 0 Å². The van der Waals surface area contributed by atoms with Gasteiger partial charge in [0.1, 0.15) is 0 Å². The highest BCUT2D eigenvalue weighted by Gasteiger charge is 2.17. The van der Waals surface area contributed by atoms with E-state index >= 15 is 0 Å². The lowest BCUT2D eigenvalue weighted by Gasteiger charge is -2.10. The minimum absolute atomic E-state index is 0.691. The van der Waals surface area contributed by atoms with Crippen LogP contribution in [-0.2, 0) is 0 Å². The van der Waals surface area contributed by atoms with Crippen LogP contribution in [0.5, 0.6) is 0 Å². The summed E-state index contributed by atoms with van der Waals surface area (Å²) in [6.45, 7) is 0. The molecule has 3 nitrogen and oxygen atoms in total. The summed E-state index contributed by atoms with van der Waals surface area (Å²) in [4.78, 5) is 0. The van der Waals surface area contributed by atoms with Gasteiger partial charge in [-0.05, 0) is 54.6 Å². The van der Waals surface area contributed by atoms with E-state index in [9.17, 15) is 5.26 Å². The molecule has 0 aliphatic carbocycles. The van der Waals surface area contributed by atoms with E-state index in [2.05, 4.69) is 100 Å². The van der Waals surface area contributed by atoms with Crippen LogP contribution in [0, 0.1) is 11.3 Å². The number of aromatic nitrogens is 2. The maximum Gasteiger partial charge on any atom is 0.0998 e. The summed E-state index contributed by atoms with van der Waals surface area (Å²) in [6.07, 6.45) is 0. The van der Waals surface area contributed by atoms with Gasteiger partial charge in [-0.15, -0.1) is 0 Å². The average molecular weight is 434 g/mol. The van der Waals surface area contributed by atoms with Crippen molar-refractivity contribution in [3.8, 4) is 17.4 Å². The fourth-order valence-electron chi connectivity index (χ4n) is 5.35. The molecule has 2 heterocycles. The molecular weight excluding hydrogens is 414 g/mol. The zero-order valence-corrected chi connectivity index (χ0v) is 18.3. The third-order valence-electron chi connectivity index (χ3n) is 6.75. The fourth-order valence-corrected chi connectivity index (χ4v) is 5.35. The minimum Gasteiger partial charge on any atom is -0.309 e. The van der Waals surface area contributed by atoms with Gasteiger partial charge in [-0.1, -0.05) is 60.7 Å². The molecular formula is C31H19N3. The fraction of sp³-hybridized carbons (Fsp3) is 0. The number of rotatable bonds is 2. The van der Waals surface area contributed by atoms with Gasteiger partial charge in [0, 0.05) is 32.9 Å². The van der Waals surface area contributed by atoms with Crippen LogP contribution >= 0.6 is 0 Å². The monoisotopic (exact) mass is 433 g/mol. The SMILES string of the molecule is N#Cc1cccc2c1c1cc(-n3c4ccccc4c4ccccc43)ccc1n2-c1ccccc1. The van der Waals surface area contributed by atoms with Crippen LogP contribution in [0.3, 0.4) is 0 Å². The molecule has 3 heteroatoms. The second-order valence-corrected chi connectivity index (χ2v) is 8.55. The van der Waals surface area contributed by atoms with E-state index < -0.39 is 0 Å². The third kappa shape index (κ3) is 2.51. The first-order valence-electron chi connectivity index (χ1n) is 11.4. The molecule has 0 fully saturated rings. The van der Waals surface area contributed by atoms with Gasteiger partial charge in [-0.2, -0.15) is 5.26 Å². The van der Waals surface area contributed by atoms with E-state index in [4.69, 9.17) is 0 Å². The lowest BCUT2D eigenvalue weighted by atomic mass is 10.1. The second kappa shape index (κ2) is 7.10. The summed E-state index contributed by atoms with van der Waals surface area (Å²) in [6, 6.07) is 42.4. The first-order chi connectivity index (χ1) is 16.8. The second-order valence-electron chi connectivity index (χ2n) is 8.55. The summed E-state index contributed by atoms with van der Waals surface area (Å²) in [5.41, 5.74) is 7.35. The quantitative estimate of drug-likeness (QED) is 0.274. The maximum absolute atomic E-state index is 9.95. The van der Waals surface area contributed by atoms with Gasteiger partial charge in [-0.3, -0.25) is 0 Å². The number of hydrogen-bond acceptors (Lipinski definition) is 1. The van der Waals surface area contributed by atoms with Crippen LogP contribution < -0.4 is 0 Å². The molecule has 0 spiro atoms. The van der Waals surface area contributed by atoms with E-state index in [0.717, 1.165) is 33.2 Å². The number of nitrogens with zero attached hydrogens (tertiary/aromatic N) is 3. The van der Waals surface area contributed by atoms with Crippen molar-refractivity contribution in [3.05, 3.63) is 121 Å². The molecule has 0 saturated heterocycles. The zero-order valence-electron chi connectivity index (χ0n) is 18.3. The van der Waals surface area contributed by atoms with Gasteiger partial charge >= 0.3 is 0 Å². The molecule has 0 saturated carbocycles. The van der Waals surface area contributed by atoms with Gasteiger partial charge in [0.05, 0.1) is 33.7 Å². The van der Waals surface area contributed by atoms with Crippen molar-refractivity contribution in [2.24, 2.45) is 0 Å². The smallest absolute Gasteiger partial charge is 0.0998 e. The lowest BCUT2D eigenvalue weighted by Crippen LogP contribution is -1.95. The number of fused-ring (bicyclic) bond motifs is 6. The molecule has 7 rings (SSSR count). The van der Waals surface area contributed by atoms with Crippen molar-refractivity contribution in [1.29, 1.82) is 5.26 Å². The van der Waals surface area contributed by atoms with Gasteiger partial charge < -0.3 is 9.13 Å². The van der Waals surface area contributed by atoms with Crippen LogP contribution in [0.2, 0.25) is 0 Å². The van der Waals surface area contributed by atoms with Gasteiger partial charge in [-0.25, -0.2) is 0 Å². The molecule has 5 aromatic carbocycles. The highest BCUT2D eigenvalue weighted by molar-refractivity contribution is 6.13. The molecule has 0 bridgehead atoms. The van der Waals surface area contributed by atoms with Crippen molar-refractivity contribution < 1.29 is 0 Å². The highest BCUT2D eigenvalue weighted by atomic mass is 15.0. The van der Waals surface area contributed by atoms with Crippen LogP contribution in [0.4, 0.5) is 0 Å². The highest BCUT2D eigenvalue weighted by Crippen LogP contribution is 2.37. The molecule has 34 heavy (non-hydrogen) atoms. The Kier molecular flexibility index (Phi) is 3.91. The van der Waals surface area contributed by atoms with E-state index in [1.165, 1.54) is 21.8 Å². The molecule has 0 N–H and O–H groups in total. The van der Waals surface area contributed by atoms with Crippen molar-refractivity contribution in [2.75, 3.05) is 0 Å². The van der Waals surface area contributed by atoms with Gasteiger partial charge in [0.25, 0.3) is 0 Å². The average Bonchev–Trinajstić information content (AvgIpc) is 3.42. The molecule has 0 amide bonds. The van der Waals surface area contributed by atoms with E-state index in [1.807, 2.05) is 30.3 Å². The standard InChI is InChI=1S/C31H19N3/c32-20-21-9-8-16-30-31(21)26-19-23(17-18-29(26)33(30)22-10-2-1-3-11-22)34-27-14-6-4-12-24(27)25-13-5-7-15-28(25)34/h1-19H. The Balaban J connectivity index is 1.63. The maximum atomic E-state index is 9.95. The molecule has 0 radical (unpaired) electrons. The summed E-state index contributed by atoms with van der Waals surface area (Å²) in [5.74, 6) is 0. The minimum atomic E-state index is 0.691. The van der Waals surface area contributed by atoms with E-state index in [0.29, 0.717) is 5.56 Å². The normalized spacial score (nSPS) is 11.5. The van der Waals surface area contributed by atoms with Crippen molar-refractivity contribution in [2.45, 2.75) is 0 Å². The number of hydrogen-bond donors (Lipinski definition) is 0. The number of nitriles is 1. The van der Waals surface area contributed by atoms with Crippen LogP contribution in [0.1, 0.15) is 5.56 Å². The van der Waals surface area contributed by atoms with Crippen molar-refractivity contribution in [3.63, 3.8) is 0 Å². The molecule has 2 aromatic heterocycles. The van der Waals surface area contributed by atoms with E-state index in [1.54, 1.807) is 0 Å². The zero-order chi connectivity index (χ0) is 22.6. The Morgan fingerprint density at radius 3 is 1.76 bits per heavy atom. The van der Waals surface area contributed by atoms with Gasteiger partial charge in [0.15, 0.2) is 0 Å². The first kappa shape index (κ1) is 18.7. The number of benzene rings is 5. The molecule has 0 aliphatic heterocycles. The van der Waals surface area contributed by atoms with Crippen molar-refractivity contribution >= 4 is 43.6 Å². The summed E-state index contributed by atoms with van der Waals surface area (Å²) >= 11 is 0. The topological polar surface area (TPSA) is 33.6 Å². The molecule has 0 atom stereocenters. The number of para-hydroxylation sites is 3. The largest absolute Gasteiger partial charge is 0.309 e. The summed E-state index contributed by atoms with van der Waals surface area (Å²) in [5, 5.41) is 14.5. The lowest BCUT2D eigenvalue weighted by molar-refractivity contribution is 1.16. The molecule has 158 valence electrons. The Labute approximate surface area is 196 Å². The Bertz CT molecular complexity index is 1860. The summed E-state index contributed by atoms with van der Waals surface area (Å²) < 4.78 is 4.58. The Morgan fingerprint density at radius 1 is 0.471 bits per heavy atom. The third-order valence-corrected chi connectivity index (χ3v) is 6.75. The molecule has 0 aliphatic rings. The molecule has 7 aromatic rings. The van der Waals surface area contributed by atoms with Crippen LogP contribution in [0.25, 0.3) is 55.0 Å². The Morgan fingerprint density at radius 2 is 1.06 bits per heavy atom. The Hall–Kier alpha value is -4.81. The predicted molar refractivity (Wildman–Crippen MR) is 140 cm³/mol. The first-order valence-corrected chi connectivity index (χ1v) is 11.4. The molecule has 0 unspecified atom stereocenters. The van der Waals surface area contributed by atoms with E-state index in [-0.39, 0.29) is 0 Å². The summed E-state index contributed by atoms with van der Waals surface area (Å²) in [7, 11) is 0. The van der Waals surface area contributed by atoms with Crippen LogP contribution in [0.15, 0.2) is 115 Å². The van der Waals surface area contributed by atoms with Crippen LogP contribution in [-0.4, -0.2) is 9.13 Å². The predicted octanol–water partition coefficient (Wildman–Crippen LogP) is 7.75.